The van der Waals surface area contributed by atoms with E-state index in [1.54, 1.807) is 0 Å². The van der Waals surface area contributed by atoms with Gasteiger partial charge in [-0.25, -0.2) is 9.18 Å². The van der Waals surface area contributed by atoms with E-state index in [4.69, 9.17) is 14.2 Å². The Kier molecular flexibility index (Phi) is 6.34. The van der Waals surface area contributed by atoms with Gasteiger partial charge in [0.05, 0.1) is 20.1 Å². The highest BCUT2D eigenvalue weighted by Gasteiger charge is 2.71. The van der Waals surface area contributed by atoms with Gasteiger partial charge in [-0.15, -0.1) is 0 Å². The Morgan fingerprint density at radius 2 is 1.86 bits per heavy atom. The molecule has 1 aromatic rings. The van der Waals surface area contributed by atoms with Gasteiger partial charge in [-0.05, 0) is 26.8 Å². The summed E-state index contributed by atoms with van der Waals surface area (Å²) in [4.78, 5) is 11.8. The number of amides is 1. The Hall–Kier alpha value is -2.14. The number of alkyl halides is 3. The minimum Gasteiger partial charge on any atom is -0.493 e. The number of rotatable bonds is 5. The fourth-order valence-electron chi connectivity index (χ4n) is 3.64. The van der Waals surface area contributed by atoms with Crippen molar-refractivity contribution in [3.63, 3.8) is 0 Å². The van der Waals surface area contributed by atoms with Gasteiger partial charge in [-0.3, -0.25) is 5.32 Å². The molecule has 2 rings (SSSR count). The molecule has 6 nitrogen and oxygen atoms in total. The van der Waals surface area contributed by atoms with Gasteiger partial charge in [0, 0.05) is 12.2 Å². The summed E-state index contributed by atoms with van der Waals surface area (Å²) >= 11 is 0. The average molecular weight is 427 g/mol. The van der Waals surface area contributed by atoms with Crippen LogP contribution in [0.5, 0.6) is 5.75 Å². The molecule has 1 heterocycles. The highest BCUT2D eigenvalue weighted by molar-refractivity contribution is 5.68. The maximum atomic E-state index is 14.3. The van der Waals surface area contributed by atoms with Crippen molar-refractivity contribution in [2.45, 2.75) is 50.3 Å². The normalized spacial score (nSPS) is 29.6. The van der Waals surface area contributed by atoms with Crippen molar-refractivity contribution in [1.82, 2.24) is 5.32 Å². The van der Waals surface area contributed by atoms with E-state index in [9.17, 15) is 26.7 Å². The number of methoxy groups -OCH3 is 2. The second-order valence-corrected chi connectivity index (χ2v) is 6.77. The first-order chi connectivity index (χ1) is 13.4. The molecule has 0 spiro atoms. The summed E-state index contributed by atoms with van der Waals surface area (Å²) in [6.45, 7) is 3.26. The summed E-state index contributed by atoms with van der Waals surface area (Å²) < 4.78 is 90.1. The van der Waals surface area contributed by atoms with Gasteiger partial charge in [0.2, 0.25) is 5.82 Å². The van der Waals surface area contributed by atoms with Gasteiger partial charge >= 0.3 is 12.3 Å². The van der Waals surface area contributed by atoms with Crippen LogP contribution in [0.15, 0.2) is 12.1 Å². The third-order valence-corrected chi connectivity index (χ3v) is 4.93. The molecular formula is C18H22F5NO5. The zero-order valence-corrected chi connectivity index (χ0v) is 16.4. The number of hydrogen-bond donors (Lipinski definition) is 1. The Bertz CT molecular complexity index is 774. The molecule has 1 saturated heterocycles. The summed E-state index contributed by atoms with van der Waals surface area (Å²) in [5.74, 6) is -4.69. The fourth-order valence-corrected chi connectivity index (χ4v) is 3.64. The SMILES string of the molecule is CCO[C@H]1[C@@H](c2ccc(F)c(F)c2OC)[C@](C)(NC(=O)OC)O[C@@]1(C)C(F)(F)F. The Balaban J connectivity index is 2.77. The van der Waals surface area contributed by atoms with Gasteiger partial charge in [0.15, 0.2) is 22.9 Å². The van der Waals surface area contributed by atoms with Crippen molar-refractivity contribution in [3.05, 3.63) is 29.3 Å². The van der Waals surface area contributed by atoms with Crippen LogP contribution in [0, 0.1) is 11.6 Å². The number of carbonyl (C=O) groups is 1. The maximum absolute atomic E-state index is 14.3. The molecule has 0 saturated carbocycles. The number of benzene rings is 1. The largest absolute Gasteiger partial charge is 0.493 e. The zero-order chi connectivity index (χ0) is 22.2. The first kappa shape index (κ1) is 23.1. The van der Waals surface area contributed by atoms with Gasteiger partial charge in [0.25, 0.3) is 0 Å². The van der Waals surface area contributed by atoms with Crippen LogP contribution < -0.4 is 10.1 Å². The van der Waals surface area contributed by atoms with Gasteiger partial charge < -0.3 is 18.9 Å². The predicted octanol–water partition coefficient (Wildman–Crippen LogP) is 3.89. The molecule has 1 aromatic carbocycles. The molecule has 4 atom stereocenters. The number of halogens is 5. The molecule has 164 valence electrons. The number of alkyl carbamates (subject to hydrolysis) is 1. The van der Waals surface area contributed by atoms with Crippen molar-refractivity contribution in [2.24, 2.45) is 0 Å². The summed E-state index contributed by atoms with van der Waals surface area (Å²) in [5, 5.41) is 2.22. The quantitative estimate of drug-likeness (QED) is 0.723. The zero-order valence-electron chi connectivity index (χ0n) is 16.4. The molecule has 1 aliphatic heterocycles. The first-order valence-electron chi connectivity index (χ1n) is 8.62. The monoisotopic (exact) mass is 427 g/mol. The fraction of sp³-hybridized carbons (Fsp3) is 0.611. The summed E-state index contributed by atoms with van der Waals surface area (Å²) in [5.41, 5.74) is -5.12. The first-order valence-corrected chi connectivity index (χ1v) is 8.62. The van der Waals surface area contributed by atoms with Crippen LogP contribution in [0.25, 0.3) is 0 Å². The lowest BCUT2D eigenvalue weighted by atomic mass is 9.80. The lowest BCUT2D eigenvalue weighted by molar-refractivity contribution is -0.298. The number of nitrogens with one attached hydrogen (secondary N) is 1. The standard InChI is InChI=1S/C18H22F5NO5/c1-6-28-14-11(9-7-8-10(19)12(20)13(9)26-4)17(3,24-15(25)27-5)29-16(14,2)18(21,22)23/h7-8,11,14H,6H2,1-5H3,(H,24,25)/t11-,14+,16-,17-/m1/s1. The van der Waals surface area contributed by atoms with Crippen LogP contribution in [0.1, 0.15) is 32.3 Å². The van der Waals surface area contributed by atoms with Crippen LogP contribution in [0.3, 0.4) is 0 Å². The van der Waals surface area contributed by atoms with E-state index in [1.165, 1.54) is 6.92 Å². The van der Waals surface area contributed by atoms with Crippen LogP contribution in [0.2, 0.25) is 0 Å². The van der Waals surface area contributed by atoms with E-state index in [-0.39, 0.29) is 12.2 Å². The highest BCUT2D eigenvalue weighted by Crippen LogP contribution is 2.56. The van der Waals surface area contributed by atoms with Gasteiger partial charge in [-0.2, -0.15) is 17.6 Å². The molecule has 1 N–H and O–H groups in total. The smallest absolute Gasteiger partial charge is 0.419 e. The molecule has 0 aromatic heterocycles. The Morgan fingerprint density at radius 1 is 1.24 bits per heavy atom. The van der Waals surface area contributed by atoms with Crippen LogP contribution in [-0.4, -0.2) is 50.5 Å². The molecule has 1 fully saturated rings. The van der Waals surface area contributed by atoms with Crippen LogP contribution in [0.4, 0.5) is 26.7 Å². The van der Waals surface area contributed by atoms with E-state index >= 15 is 0 Å². The Labute approximate surface area is 164 Å². The van der Waals surface area contributed by atoms with E-state index in [0.717, 1.165) is 40.2 Å². The average Bonchev–Trinajstić information content (AvgIpc) is 2.85. The van der Waals surface area contributed by atoms with E-state index < -0.39 is 53.0 Å². The van der Waals surface area contributed by atoms with Crippen LogP contribution in [-0.2, 0) is 14.2 Å². The van der Waals surface area contributed by atoms with E-state index in [1.807, 2.05) is 0 Å². The molecule has 1 amide bonds. The summed E-state index contributed by atoms with van der Waals surface area (Å²) in [6.07, 6.45) is -7.74. The van der Waals surface area contributed by atoms with Crippen molar-refractivity contribution in [3.8, 4) is 5.75 Å². The lowest BCUT2D eigenvalue weighted by Crippen LogP contribution is -2.53. The molecular weight excluding hydrogens is 405 g/mol. The number of hydrogen-bond acceptors (Lipinski definition) is 5. The third-order valence-electron chi connectivity index (χ3n) is 4.93. The molecule has 29 heavy (non-hydrogen) atoms. The minimum atomic E-state index is -4.92. The maximum Gasteiger partial charge on any atom is 0.419 e. The topological polar surface area (TPSA) is 66.0 Å². The van der Waals surface area contributed by atoms with Gasteiger partial charge in [-0.1, -0.05) is 6.07 Å². The Morgan fingerprint density at radius 3 is 2.34 bits per heavy atom. The highest BCUT2D eigenvalue weighted by atomic mass is 19.4. The molecule has 0 radical (unpaired) electrons. The van der Waals surface area contributed by atoms with E-state index in [2.05, 4.69) is 10.1 Å². The number of ether oxygens (including phenoxy) is 4. The van der Waals surface area contributed by atoms with Crippen molar-refractivity contribution in [1.29, 1.82) is 0 Å². The predicted molar refractivity (Wildman–Crippen MR) is 90.6 cm³/mol. The second-order valence-electron chi connectivity index (χ2n) is 6.77. The minimum absolute atomic E-state index is 0.142. The molecule has 0 unspecified atom stereocenters. The third kappa shape index (κ3) is 3.85. The van der Waals surface area contributed by atoms with Crippen molar-refractivity contribution < 1.29 is 45.7 Å². The molecule has 0 bridgehead atoms. The van der Waals surface area contributed by atoms with E-state index in [0.29, 0.717) is 0 Å². The molecule has 1 aliphatic rings. The lowest BCUT2D eigenvalue weighted by Gasteiger charge is -2.33. The summed E-state index contributed by atoms with van der Waals surface area (Å²) in [7, 11) is 2.06. The van der Waals surface area contributed by atoms with Gasteiger partial charge in [0.1, 0.15) is 6.10 Å². The van der Waals surface area contributed by atoms with Crippen LogP contribution >= 0.6 is 0 Å². The second kappa shape index (κ2) is 7.94. The molecule has 0 aliphatic carbocycles. The number of carbonyl (C=O) groups excluding carboxylic acids is 1. The van der Waals surface area contributed by atoms with Crippen molar-refractivity contribution in [2.75, 3.05) is 20.8 Å². The van der Waals surface area contributed by atoms with Crippen molar-refractivity contribution >= 4 is 6.09 Å². The molecule has 11 heteroatoms. The summed E-state index contributed by atoms with van der Waals surface area (Å²) in [6, 6.07) is 1.81.